The highest BCUT2D eigenvalue weighted by atomic mass is 35.5. The minimum absolute atomic E-state index is 0.0651. The molecule has 0 aliphatic carbocycles. The van der Waals surface area contributed by atoms with E-state index >= 15 is 0 Å². The van der Waals surface area contributed by atoms with Crippen LogP contribution in [0.3, 0.4) is 0 Å². The molecule has 0 radical (unpaired) electrons. The lowest BCUT2D eigenvalue weighted by Gasteiger charge is -2.22. The first kappa shape index (κ1) is 16.5. The molecule has 1 heterocycles. The predicted octanol–water partition coefficient (Wildman–Crippen LogP) is 2.73. The van der Waals surface area contributed by atoms with Gasteiger partial charge in [0.1, 0.15) is 5.02 Å². The fourth-order valence-electron chi connectivity index (χ4n) is 2.19. The lowest BCUT2D eigenvalue weighted by atomic mass is 10.2. The maximum Gasteiger partial charge on any atom is 0.289 e. The van der Waals surface area contributed by atoms with E-state index in [-0.39, 0.29) is 16.0 Å². The Morgan fingerprint density at radius 2 is 2.19 bits per heavy atom. The third-order valence-electron chi connectivity index (χ3n) is 3.21. The summed E-state index contributed by atoms with van der Waals surface area (Å²) in [4.78, 5) is 10.1. The van der Waals surface area contributed by atoms with Gasteiger partial charge in [-0.05, 0) is 37.1 Å². The topological polar surface area (TPSA) is 89.3 Å². The number of sulfonamides is 1. The zero-order valence-electron chi connectivity index (χ0n) is 11.3. The lowest BCUT2D eigenvalue weighted by Crippen LogP contribution is -2.38. The molecular formula is C12H15ClN2O4S2. The van der Waals surface area contributed by atoms with Crippen molar-refractivity contribution in [3.63, 3.8) is 0 Å². The van der Waals surface area contributed by atoms with E-state index in [4.69, 9.17) is 11.6 Å². The van der Waals surface area contributed by atoms with E-state index in [0.717, 1.165) is 24.7 Å². The molecule has 1 N–H and O–H groups in total. The summed E-state index contributed by atoms with van der Waals surface area (Å²) in [6.07, 6.45) is 1.73. The van der Waals surface area contributed by atoms with Crippen molar-refractivity contribution in [1.29, 1.82) is 0 Å². The molecule has 1 atom stereocenters. The number of nitrogens with one attached hydrogen (secondary N) is 1. The number of aryl methyl sites for hydroxylation is 1. The highest BCUT2D eigenvalue weighted by Crippen LogP contribution is 2.30. The Bertz CT molecular complexity index is 657. The molecule has 0 aromatic heterocycles. The molecule has 1 aliphatic rings. The summed E-state index contributed by atoms with van der Waals surface area (Å²) < 4.78 is 27.5. The second kappa shape index (κ2) is 6.51. The number of benzene rings is 1. The van der Waals surface area contributed by atoms with Gasteiger partial charge in [0.05, 0.1) is 9.82 Å². The summed E-state index contributed by atoms with van der Waals surface area (Å²) in [5.74, 6) is 1.75. The Balaban J connectivity index is 2.34. The Labute approximate surface area is 132 Å². The summed E-state index contributed by atoms with van der Waals surface area (Å²) in [7, 11) is -3.79. The number of nitro benzene ring substituents is 1. The second-order valence-corrected chi connectivity index (χ2v) is 8.10. The molecule has 2 rings (SSSR count). The minimum Gasteiger partial charge on any atom is -0.258 e. The van der Waals surface area contributed by atoms with Crippen molar-refractivity contribution < 1.29 is 13.3 Å². The molecule has 21 heavy (non-hydrogen) atoms. The van der Waals surface area contributed by atoms with Crippen LogP contribution in [-0.2, 0) is 10.0 Å². The monoisotopic (exact) mass is 350 g/mol. The van der Waals surface area contributed by atoms with E-state index in [1.54, 1.807) is 18.7 Å². The van der Waals surface area contributed by atoms with Gasteiger partial charge in [-0.1, -0.05) is 11.6 Å². The first-order chi connectivity index (χ1) is 9.81. The van der Waals surface area contributed by atoms with Crippen LogP contribution < -0.4 is 4.72 Å². The van der Waals surface area contributed by atoms with Crippen LogP contribution in [0.2, 0.25) is 5.02 Å². The molecule has 6 nitrogen and oxygen atoms in total. The molecule has 1 aromatic rings. The van der Waals surface area contributed by atoms with Crippen molar-refractivity contribution in [2.45, 2.75) is 30.7 Å². The average Bonchev–Trinajstić information content (AvgIpc) is 2.38. The van der Waals surface area contributed by atoms with Crippen molar-refractivity contribution in [3.05, 3.63) is 32.8 Å². The quantitative estimate of drug-likeness (QED) is 0.666. The highest BCUT2D eigenvalue weighted by Gasteiger charge is 2.26. The predicted molar refractivity (Wildman–Crippen MR) is 83.5 cm³/mol. The molecule has 0 amide bonds. The van der Waals surface area contributed by atoms with E-state index < -0.39 is 20.6 Å². The van der Waals surface area contributed by atoms with E-state index in [1.807, 2.05) is 0 Å². The van der Waals surface area contributed by atoms with Crippen LogP contribution in [0.5, 0.6) is 0 Å². The van der Waals surface area contributed by atoms with Crippen LogP contribution in [0.4, 0.5) is 5.69 Å². The Kier molecular flexibility index (Phi) is 5.13. The molecule has 0 saturated carbocycles. The Morgan fingerprint density at radius 3 is 2.76 bits per heavy atom. The normalized spacial score (nSPS) is 19.4. The van der Waals surface area contributed by atoms with E-state index in [9.17, 15) is 18.5 Å². The number of hydrogen-bond acceptors (Lipinski definition) is 5. The van der Waals surface area contributed by atoms with Crippen LogP contribution in [0.15, 0.2) is 17.0 Å². The standard InChI is InChI=1S/C12H15ClN2O4S2/c1-8-5-10(13)11(15(16)17)6-12(8)21(18,19)14-9-3-2-4-20-7-9/h5-6,9,14H,2-4,7H2,1H3. The van der Waals surface area contributed by atoms with Crippen LogP contribution in [0.25, 0.3) is 0 Å². The smallest absolute Gasteiger partial charge is 0.258 e. The number of nitro groups is 1. The zero-order chi connectivity index (χ0) is 15.6. The number of rotatable bonds is 4. The summed E-state index contributed by atoms with van der Waals surface area (Å²) in [6.45, 7) is 1.57. The fourth-order valence-corrected chi connectivity index (χ4v) is 5.17. The first-order valence-corrected chi connectivity index (χ1v) is 9.37. The summed E-state index contributed by atoms with van der Waals surface area (Å²) in [5, 5.41) is 10.8. The maximum absolute atomic E-state index is 12.4. The third kappa shape index (κ3) is 3.88. The van der Waals surface area contributed by atoms with Gasteiger partial charge in [-0.25, -0.2) is 13.1 Å². The SMILES string of the molecule is Cc1cc(Cl)c([N+](=O)[O-])cc1S(=O)(=O)NC1CCCSC1. The van der Waals surface area contributed by atoms with Crippen molar-refractivity contribution in [2.24, 2.45) is 0 Å². The fraction of sp³-hybridized carbons (Fsp3) is 0.500. The maximum atomic E-state index is 12.4. The molecule has 116 valence electrons. The van der Waals surface area contributed by atoms with Gasteiger partial charge in [-0.15, -0.1) is 0 Å². The van der Waals surface area contributed by atoms with Crippen LogP contribution in [0, 0.1) is 17.0 Å². The van der Waals surface area contributed by atoms with Crippen molar-refractivity contribution in [2.75, 3.05) is 11.5 Å². The van der Waals surface area contributed by atoms with Crippen molar-refractivity contribution in [3.8, 4) is 0 Å². The summed E-state index contributed by atoms with van der Waals surface area (Å²) >= 11 is 7.48. The van der Waals surface area contributed by atoms with E-state index in [0.29, 0.717) is 11.3 Å². The Hall–Kier alpha value is -0.830. The first-order valence-electron chi connectivity index (χ1n) is 6.36. The van der Waals surface area contributed by atoms with E-state index in [1.165, 1.54) is 6.07 Å². The average molecular weight is 351 g/mol. The van der Waals surface area contributed by atoms with Gasteiger partial charge in [0.15, 0.2) is 0 Å². The number of nitrogens with zero attached hydrogens (tertiary/aromatic N) is 1. The van der Waals surface area contributed by atoms with Gasteiger partial charge >= 0.3 is 0 Å². The molecule has 1 fully saturated rings. The lowest BCUT2D eigenvalue weighted by molar-refractivity contribution is -0.384. The number of thioether (sulfide) groups is 1. The summed E-state index contributed by atoms with van der Waals surface area (Å²) in [6, 6.07) is 2.20. The molecule has 1 saturated heterocycles. The van der Waals surface area contributed by atoms with Gasteiger partial charge in [0.25, 0.3) is 5.69 Å². The second-order valence-electron chi connectivity index (χ2n) is 4.86. The van der Waals surface area contributed by atoms with Gasteiger partial charge in [0, 0.05) is 17.9 Å². The number of halogens is 1. The van der Waals surface area contributed by atoms with Gasteiger partial charge in [-0.2, -0.15) is 11.8 Å². The molecular weight excluding hydrogens is 336 g/mol. The third-order valence-corrected chi connectivity index (χ3v) is 6.39. The van der Waals surface area contributed by atoms with Gasteiger partial charge in [-0.3, -0.25) is 10.1 Å². The van der Waals surface area contributed by atoms with Crippen LogP contribution in [0.1, 0.15) is 18.4 Å². The highest BCUT2D eigenvalue weighted by molar-refractivity contribution is 7.99. The van der Waals surface area contributed by atoms with Crippen LogP contribution in [-0.4, -0.2) is 30.9 Å². The van der Waals surface area contributed by atoms with Crippen molar-refractivity contribution in [1.82, 2.24) is 4.72 Å². The molecule has 1 unspecified atom stereocenters. The zero-order valence-corrected chi connectivity index (χ0v) is 13.7. The molecule has 9 heteroatoms. The van der Waals surface area contributed by atoms with Gasteiger partial charge < -0.3 is 0 Å². The summed E-state index contributed by atoms with van der Waals surface area (Å²) in [5.41, 5.74) is -0.0118. The molecule has 0 spiro atoms. The largest absolute Gasteiger partial charge is 0.289 e. The van der Waals surface area contributed by atoms with Gasteiger partial charge in [0.2, 0.25) is 10.0 Å². The molecule has 1 aliphatic heterocycles. The minimum atomic E-state index is -3.79. The van der Waals surface area contributed by atoms with E-state index in [2.05, 4.69) is 4.72 Å². The van der Waals surface area contributed by atoms with Crippen LogP contribution >= 0.6 is 23.4 Å². The molecule has 1 aromatic carbocycles. The Morgan fingerprint density at radius 1 is 1.48 bits per heavy atom. The molecule has 0 bridgehead atoms. The van der Waals surface area contributed by atoms with Crippen molar-refractivity contribution >= 4 is 39.1 Å². The number of hydrogen-bond donors (Lipinski definition) is 1.